The third kappa shape index (κ3) is 2.75. The third-order valence-electron chi connectivity index (χ3n) is 2.09. The summed E-state index contributed by atoms with van der Waals surface area (Å²) in [6.45, 7) is 0. The van der Waals surface area contributed by atoms with Crippen LogP contribution >= 0.6 is 11.6 Å². The minimum atomic E-state index is -1.33. The standard InChI is InChI=1S/C12H7ClFNO3/c13-7-1-4-11(15-6-7)18-8-2-3-9(12(16)17)10(14)5-8/h1-6H,(H,16,17). The molecule has 0 bridgehead atoms. The number of rotatable bonds is 3. The maximum Gasteiger partial charge on any atom is 0.338 e. The summed E-state index contributed by atoms with van der Waals surface area (Å²) in [5, 5.41) is 9.12. The molecule has 1 heterocycles. The van der Waals surface area contributed by atoms with Gasteiger partial charge >= 0.3 is 5.97 Å². The maximum atomic E-state index is 13.4. The number of carbonyl (C=O) groups is 1. The average Bonchev–Trinajstić information content (AvgIpc) is 2.32. The summed E-state index contributed by atoms with van der Waals surface area (Å²) in [6.07, 6.45) is 1.39. The van der Waals surface area contributed by atoms with Crippen LogP contribution in [0.1, 0.15) is 10.4 Å². The van der Waals surface area contributed by atoms with Crippen LogP contribution in [0, 0.1) is 5.82 Å². The smallest absolute Gasteiger partial charge is 0.338 e. The maximum absolute atomic E-state index is 13.4. The van der Waals surface area contributed by atoms with Gasteiger partial charge in [0, 0.05) is 18.3 Å². The minimum Gasteiger partial charge on any atom is -0.478 e. The van der Waals surface area contributed by atoms with E-state index in [-0.39, 0.29) is 11.6 Å². The molecule has 0 atom stereocenters. The number of benzene rings is 1. The molecule has 0 radical (unpaired) electrons. The molecule has 4 nitrogen and oxygen atoms in total. The molecule has 92 valence electrons. The topological polar surface area (TPSA) is 59.4 Å². The number of aromatic nitrogens is 1. The van der Waals surface area contributed by atoms with Gasteiger partial charge in [0.05, 0.1) is 10.6 Å². The largest absolute Gasteiger partial charge is 0.478 e. The lowest BCUT2D eigenvalue weighted by Gasteiger charge is -2.05. The van der Waals surface area contributed by atoms with Gasteiger partial charge in [-0.15, -0.1) is 0 Å². The normalized spacial score (nSPS) is 10.1. The molecule has 2 rings (SSSR count). The number of aromatic carboxylic acids is 1. The zero-order chi connectivity index (χ0) is 13.1. The Morgan fingerprint density at radius 3 is 2.67 bits per heavy atom. The summed E-state index contributed by atoms with van der Waals surface area (Å²) in [5.41, 5.74) is -0.411. The van der Waals surface area contributed by atoms with E-state index in [4.69, 9.17) is 21.4 Å². The molecule has 0 amide bonds. The molecular weight excluding hydrogens is 261 g/mol. The van der Waals surface area contributed by atoms with Crippen LogP contribution < -0.4 is 4.74 Å². The van der Waals surface area contributed by atoms with E-state index in [0.29, 0.717) is 5.02 Å². The van der Waals surface area contributed by atoms with E-state index in [2.05, 4.69) is 4.98 Å². The van der Waals surface area contributed by atoms with Crippen molar-refractivity contribution < 1.29 is 19.0 Å². The highest BCUT2D eigenvalue weighted by molar-refractivity contribution is 6.30. The fourth-order valence-corrected chi connectivity index (χ4v) is 1.39. The van der Waals surface area contributed by atoms with Gasteiger partial charge in [-0.3, -0.25) is 0 Å². The summed E-state index contributed by atoms with van der Waals surface area (Å²) >= 11 is 5.65. The first-order chi connectivity index (χ1) is 8.56. The van der Waals surface area contributed by atoms with Crippen molar-refractivity contribution in [2.75, 3.05) is 0 Å². The van der Waals surface area contributed by atoms with Crippen molar-refractivity contribution in [1.29, 1.82) is 0 Å². The molecule has 0 unspecified atom stereocenters. The molecule has 1 N–H and O–H groups in total. The lowest BCUT2D eigenvalue weighted by Crippen LogP contribution is -2.00. The van der Waals surface area contributed by atoms with Crippen molar-refractivity contribution in [3.63, 3.8) is 0 Å². The quantitative estimate of drug-likeness (QED) is 0.926. The van der Waals surface area contributed by atoms with Crippen molar-refractivity contribution in [1.82, 2.24) is 4.98 Å². The van der Waals surface area contributed by atoms with Crippen molar-refractivity contribution >= 4 is 17.6 Å². The van der Waals surface area contributed by atoms with E-state index in [9.17, 15) is 9.18 Å². The Labute approximate surface area is 107 Å². The van der Waals surface area contributed by atoms with Crippen molar-refractivity contribution in [3.8, 4) is 11.6 Å². The number of ether oxygens (including phenoxy) is 1. The van der Waals surface area contributed by atoms with Crippen LogP contribution in [0.2, 0.25) is 5.02 Å². The van der Waals surface area contributed by atoms with Gasteiger partial charge in [-0.05, 0) is 18.2 Å². The van der Waals surface area contributed by atoms with Crippen LogP contribution in [0.4, 0.5) is 4.39 Å². The molecule has 1 aromatic heterocycles. The first-order valence-corrected chi connectivity index (χ1v) is 5.26. The summed E-state index contributed by atoms with van der Waals surface area (Å²) < 4.78 is 18.6. The molecule has 0 saturated carbocycles. The third-order valence-corrected chi connectivity index (χ3v) is 2.32. The number of nitrogens with zero attached hydrogens (tertiary/aromatic N) is 1. The van der Waals surface area contributed by atoms with Gasteiger partial charge in [0.2, 0.25) is 5.88 Å². The zero-order valence-electron chi connectivity index (χ0n) is 8.93. The second kappa shape index (κ2) is 5.01. The van der Waals surface area contributed by atoms with Crippen molar-refractivity contribution in [3.05, 3.63) is 52.9 Å². The summed E-state index contributed by atoms with van der Waals surface area (Å²) in [6, 6.07) is 6.56. The Balaban J connectivity index is 2.22. The van der Waals surface area contributed by atoms with Gasteiger partial charge in [0.1, 0.15) is 11.6 Å². The molecule has 0 spiro atoms. The SMILES string of the molecule is O=C(O)c1ccc(Oc2ccc(Cl)cn2)cc1F. The van der Waals surface area contributed by atoms with Crippen LogP contribution in [-0.2, 0) is 0 Å². The van der Waals surface area contributed by atoms with E-state index >= 15 is 0 Å². The van der Waals surface area contributed by atoms with Gasteiger partial charge in [-0.1, -0.05) is 11.6 Å². The predicted octanol–water partition coefficient (Wildman–Crippen LogP) is 3.36. The van der Waals surface area contributed by atoms with Crippen molar-refractivity contribution in [2.24, 2.45) is 0 Å². The highest BCUT2D eigenvalue weighted by atomic mass is 35.5. The average molecular weight is 268 g/mol. The van der Waals surface area contributed by atoms with Gasteiger partial charge in [-0.2, -0.15) is 0 Å². The highest BCUT2D eigenvalue weighted by Crippen LogP contribution is 2.22. The minimum absolute atomic E-state index is 0.160. The number of carboxylic acids is 1. The fourth-order valence-electron chi connectivity index (χ4n) is 1.28. The second-order valence-electron chi connectivity index (χ2n) is 3.36. The number of hydrogen-bond donors (Lipinski definition) is 1. The Kier molecular flexibility index (Phi) is 3.43. The summed E-state index contributed by atoms with van der Waals surface area (Å²) in [5.74, 6) is -1.80. The fraction of sp³-hybridized carbons (Fsp3) is 0. The lowest BCUT2D eigenvalue weighted by atomic mass is 10.2. The molecule has 0 fully saturated rings. The first-order valence-electron chi connectivity index (χ1n) is 4.88. The molecule has 0 aliphatic heterocycles. The Morgan fingerprint density at radius 1 is 1.33 bits per heavy atom. The van der Waals surface area contributed by atoms with Crippen molar-refractivity contribution in [2.45, 2.75) is 0 Å². The summed E-state index contributed by atoms with van der Waals surface area (Å²) in [4.78, 5) is 14.5. The predicted molar refractivity (Wildman–Crippen MR) is 62.7 cm³/mol. The van der Waals surface area contributed by atoms with E-state index < -0.39 is 17.3 Å². The van der Waals surface area contributed by atoms with E-state index in [1.54, 1.807) is 6.07 Å². The Hall–Kier alpha value is -2.14. The van der Waals surface area contributed by atoms with Gasteiger partial charge in [0.25, 0.3) is 0 Å². The van der Waals surface area contributed by atoms with Gasteiger partial charge in [0.15, 0.2) is 0 Å². The molecule has 0 saturated heterocycles. The zero-order valence-corrected chi connectivity index (χ0v) is 9.69. The van der Waals surface area contributed by atoms with E-state index in [1.165, 1.54) is 18.3 Å². The van der Waals surface area contributed by atoms with Gasteiger partial charge < -0.3 is 9.84 Å². The van der Waals surface area contributed by atoms with Crippen LogP contribution in [-0.4, -0.2) is 16.1 Å². The Morgan fingerprint density at radius 2 is 2.11 bits per heavy atom. The Bertz CT molecular complexity index is 586. The van der Waals surface area contributed by atoms with E-state index in [1.807, 2.05) is 0 Å². The van der Waals surface area contributed by atoms with Gasteiger partial charge in [-0.25, -0.2) is 14.2 Å². The van der Waals surface area contributed by atoms with E-state index in [0.717, 1.165) is 12.1 Å². The molecular formula is C12H7ClFNO3. The van der Waals surface area contributed by atoms with Crippen LogP contribution in [0.25, 0.3) is 0 Å². The lowest BCUT2D eigenvalue weighted by molar-refractivity contribution is 0.0692. The van der Waals surface area contributed by atoms with Crippen LogP contribution in [0.5, 0.6) is 11.6 Å². The molecule has 0 aliphatic rings. The molecule has 18 heavy (non-hydrogen) atoms. The number of hydrogen-bond acceptors (Lipinski definition) is 3. The number of carboxylic acid groups (broad SMARTS) is 1. The molecule has 2 aromatic rings. The van der Waals surface area contributed by atoms with Crippen LogP contribution in [0.3, 0.4) is 0 Å². The molecule has 6 heteroatoms. The second-order valence-corrected chi connectivity index (χ2v) is 3.80. The molecule has 0 aliphatic carbocycles. The van der Waals surface area contributed by atoms with Crippen LogP contribution in [0.15, 0.2) is 36.5 Å². The number of pyridine rings is 1. The summed E-state index contributed by atoms with van der Waals surface area (Å²) in [7, 11) is 0. The highest BCUT2D eigenvalue weighted by Gasteiger charge is 2.11. The monoisotopic (exact) mass is 267 g/mol. The number of halogens is 2. The molecule has 1 aromatic carbocycles. The first kappa shape index (κ1) is 12.3.